The molecule has 0 unspecified atom stereocenters. The van der Waals surface area contributed by atoms with Crippen molar-refractivity contribution in [2.24, 2.45) is 5.41 Å². The maximum atomic E-state index is 13.3. The zero-order chi connectivity index (χ0) is 16.9. The summed E-state index contributed by atoms with van der Waals surface area (Å²) in [7, 11) is 0. The fraction of sp³-hybridized carbons (Fsp3) is 0.474. The van der Waals surface area contributed by atoms with Crippen LogP contribution in [0.2, 0.25) is 0 Å². The number of piperidine rings is 1. The number of nitrogens with zero attached hydrogens (tertiary/aromatic N) is 2. The van der Waals surface area contributed by atoms with Gasteiger partial charge in [-0.1, -0.05) is 24.3 Å². The van der Waals surface area contributed by atoms with E-state index in [9.17, 15) is 18.8 Å². The van der Waals surface area contributed by atoms with Crippen LogP contribution in [0.1, 0.15) is 36.8 Å². The molecular weight excluding hydrogens is 310 g/mol. The Morgan fingerprint density at radius 2 is 1.79 bits per heavy atom. The van der Waals surface area contributed by atoms with Crippen molar-refractivity contribution in [2.45, 2.75) is 38.0 Å². The van der Waals surface area contributed by atoms with Crippen LogP contribution in [0.4, 0.5) is 8.78 Å². The Kier molecular flexibility index (Phi) is 3.28. The Balaban J connectivity index is 1.63. The number of allylic oxidation sites excluding steroid dienone is 1. The quantitative estimate of drug-likeness (QED) is 0.792. The lowest BCUT2D eigenvalue weighted by atomic mass is 9.61. The second-order valence-corrected chi connectivity index (χ2v) is 7.29. The first-order valence-electron chi connectivity index (χ1n) is 8.32. The van der Waals surface area contributed by atoms with Gasteiger partial charge < -0.3 is 4.90 Å². The van der Waals surface area contributed by atoms with Gasteiger partial charge in [0, 0.05) is 37.9 Å². The average Bonchev–Trinajstić information content (AvgIpc) is 2.52. The number of nitriles is 1. The minimum absolute atomic E-state index is 0.0203. The van der Waals surface area contributed by atoms with Gasteiger partial charge >= 0.3 is 0 Å². The zero-order valence-electron chi connectivity index (χ0n) is 13.3. The molecule has 4 rings (SSSR count). The molecule has 124 valence electrons. The molecule has 1 spiro atoms. The lowest BCUT2D eigenvalue weighted by molar-refractivity contribution is -0.175. The fourth-order valence-corrected chi connectivity index (χ4v) is 4.48. The molecular formula is C19H18F2N2O. The van der Waals surface area contributed by atoms with Crippen molar-refractivity contribution in [3.8, 4) is 6.07 Å². The predicted molar refractivity (Wildman–Crippen MR) is 85.1 cm³/mol. The van der Waals surface area contributed by atoms with Gasteiger partial charge in [0.25, 0.3) is 0 Å². The number of hydrogen-bond acceptors (Lipinski definition) is 3. The highest BCUT2D eigenvalue weighted by Gasteiger charge is 2.56. The number of ketones is 1. The van der Waals surface area contributed by atoms with Gasteiger partial charge in [0.15, 0.2) is 5.78 Å². The van der Waals surface area contributed by atoms with Crippen LogP contribution in [-0.2, 0) is 11.2 Å². The van der Waals surface area contributed by atoms with Crippen molar-refractivity contribution in [3.05, 3.63) is 41.0 Å². The normalized spacial score (nSPS) is 24.4. The van der Waals surface area contributed by atoms with E-state index in [1.807, 2.05) is 24.3 Å². The highest BCUT2D eigenvalue weighted by molar-refractivity contribution is 6.09. The number of alkyl halides is 2. The van der Waals surface area contributed by atoms with E-state index < -0.39 is 5.92 Å². The third kappa shape index (κ3) is 2.32. The monoisotopic (exact) mass is 328 g/mol. The Morgan fingerprint density at radius 1 is 1.12 bits per heavy atom. The van der Waals surface area contributed by atoms with E-state index in [4.69, 9.17) is 0 Å². The molecule has 1 aliphatic heterocycles. The summed E-state index contributed by atoms with van der Waals surface area (Å²) in [5.41, 5.74) is 2.54. The zero-order valence-corrected chi connectivity index (χ0v) is 13.3. The number of carbonyl (C=O) groups excluding carboxylic acids is 1. The van der Waals surface area contributed by atoms with E-state index in [1.54, 1.807) is 0 Å². The largest absolute Gasteiger partial charge is 0.370 e. The van der Waals surface area contributed by atoms with Gasteiger partial charge in [0.2, 0.25) is 5.92 Å². The number of benzene rings is 1. The van der Waals surface area contributed by atoms with Crippen LogP contribution < -0.4 is 0 Å². The van der Waals surface area contributed by atoms with Crippen LogP contribution in [-0.4, -0.2) is 29.7 Å². The minimum atomic E-state index is -2.51. The maximum absolute atomic E-state index is 13.3. The van der Waals surface area contributed by atoms with Gasteiger partial charge in [-0.25, -0.2) is 8.78 Å². The van der Waals surface area contributed by atoms with Gasteiger partial charge in [-0.05, 0) is 23.8 Å². The SMILES string of the molecule is N#CC1=C(N2CCC3(CC2)CC(F)(F)C3)c2ccccc2CC1=O. The summed E-state index contributed by atoms with van der Waals surface area (Å²) in [4.78, 5) is 14.4. The summed E-state index contributed by atoms with van der Waals surface area (Å²) in [6, 6.07) is 9.72. The molecule has 2 fully saturated rings. The van der Waals surface area contributed by atoms with Gasteiger partial charge in [-0.15, -0.1) is 0 Å². The number of Topliss-reactive ketones (excluding diaryl/α,β-unsaturated/α-hetero) is 1. The van der Waals surface area contributed by atoms with E-state index in [0.717, 1.165) is 11.1 Å². The smallest absolute Gasteiger partial charge is 0.249 e. The van der Waals surface area contributed by atoms with Crippen LogP contribution in [0, 0.1) is 16.7 Å². The molecule has 3 nitrogen and oxygen atoms in total. The number of likely N-dealkylation sites (tertiary alicyclic amines) is 1. The van der Waals surface area contributed by atoms with Crippen LogP contribution in [0.3, 0.4) is 0 Å². The lowest BCUT2D eigenvalue weighted by Gasteiger charge is -2.52. The van der Waals surface area contributed by atoms with Crippen LogP contribution >= 0.6 is 0 Å². The van der Waals surface area contributed by atoms with Crippen LogP contribution in [0.15, 0.2) is 29.8 Å². The van der Waals surface area contributed by atoms with Crippen molar-refractivity contribution in [1.82, 2.24) is 4.90 Å². The summed E-state index contributed by atoms with van der Waals surface area (Å²) in [5.74, 6) is -2.66. The molecule has 0 aromatic heterocycles. The van der Waals surface area contributed by atoms with Gasteiger partial charge in [0.1, 0.15) is 11.6 Å². The Labute approximate surface area is 139 Å². The van der Waals surface area contributed by atoms with E-state index in [1.165, 1.54) is 0 Å². The Morgan fingerprint density at radius 3 is 2.42 bits per heavy atom. The second-order valence-electron chi connectivity index (χ2n) is 7.29. The number of carbonyl (C=O) groups is 1. The van der Waals surface area contributed by atoms with Crippen molar-refractivity contribution in [1.29, 1.82) is 5.26 Å². The minimum Gasteiger partial charge on any atom is -0.370 e. The van der Waals surface area contributed by atoms with E-state index in [0.29, 0.717) is 31.6 Å². The van der Waals surface area contributed by atoms with E-state index in [2.05, 4.69) is 11.0 Å². The van der Waals surface area contributed by atoms with Gasteiger partial charge in [-0.3, -0.25) is 4.79 Å². The Hall–Kier alpha value is -2.22. The average molecular weight is 328 g/mol. The van der Waals surface area contributed by atoms with Crippen molar-refractivity contribution >= 4 is 11.5 Å². The summed E-state index contributed by atoms with van der Waals surface area (Å²) in [6.07, 6.45) is 1.61. The second kappa shape index (κ2) is 5.14. The molecule has 0 radical (unpaired) electrons. The molecule has 1 aromatic rings. The number of rotatable bonds is 1. The molecule has 3 aliphatic rings. The molecule has 1 saturated carbocycles. The highest BCUT2D eigenvalue weighted by atomic mass is 19.3. The maximum Gasteiger partial charge on any atom is 0.249 e. The number of halogens is 2. The molecule has 1 aromatic carbocycles. The molecule has 0 atom stereocenters. The van der Waals surface area contributed by atoms with Crippen molar-refractivity contribution < 1.29 is 13.6 Å². The standard InChI is InChI=1S/C19H18F2N2O/c20-19(21)11-18(12-19)5-7-23(8-6-18)17-14-4-2-1-3-13(14)9-16(24)15(17)10-22/h1-4H,5-9,11-12H2. The van der Waals surface area contributed by atoms with Crippen molar-refractivity contribution in [2.75, 3.05) is 13.1 Å². The number of hydrogen-bond donors (Lipinski definition) is 0. The van der Waals surface area contributed by atoms with Crippen LogP contribution in [0.5, 0.6) is 0 Å². The van der Waals surface area contributed by atoms with Crippen molar-refractivity contribution in [3.63, 3.8) is 0 Å². The van der Waals surface area contributed by atoms with E-state index >= 15 is 0 Å². The number of fused-ring (bicyclic) bond motifs is 1. The molecule has 0 N–H and O–H groups in total. The fourth-order valence-electron chi connectivity index (χ4n) is 4.48. The first kappa shape index (κ1) is 15.3. The molecule has 1 heterocycles. The summed E-state index contributed by atoms with van der Waals surface area (Å²) >= 11 is 0. The summed E-state index contributed by atoms with van der Waals surface area (Å²) < 4.78 is 26.5. The third-order valence-corrected chi connectivity index (χ3v) is 5.66. The van der Waals surface area contributed by atoms with Crippen LogP contribution in [0.25, 0.3) is 5.70 Å². The Bertz CT molecular complexity index is 773. The topological polar surface area (TPSA) is 44.1 Å². The first-order valence-corrected chi connectivity index (χ1v) is 8.32. The lowest BCUT2D eigenvalue weighted by Crippen LogP contribution is -2.52. The molecule has 0 bridgehead atoms. The van der Waals surface area contributed by atoms with E-state index in [-0.39, 0.29) is 36.0 Å². The summed E-state index contributed by atoms with van der Waals surface area (Å²) in [5, 5.41) is 9.46. The molecule has 0 amide bonds. The molecule has 5 heteroatoms. The first-order chi connectivity index (χ1) is 11.4. The molecule has 2 aliphatic carbocycles. The molecule has 1 saturated heterocycles. The summed E-state index contributed by atoms with van der Waals surface area (Å²) in [6.45, 7) is 1.25. The predicted octanol–water partition coefficient (Wildman–Crippen LogP) is 3.56. The highest BCUT2D eigenvalue weighted by Crippen LogP contribution is 2.57. The molecule has 24 heavy (non-hydrogen) atoms. The van der Waals surface area contributed by atoms with Gasteiger partial charge in [0.05, 0.1) is 5.70 Å². The van der Waals surface area contributed by atoms with Gasteiger partial charge in [-0.2, -0.15) is 5.26 Å². The third-order valence-electron chi connectivity index (χ3n) is 5.66.